The molecule has 2 fully saturated rings. The summed E-state index contributed by atoms with van der Waals surface area (Å²) in [5, 5.41) is 11.8. The molecule has 0 aromatic rings. The maximum atomic E-state index is 13.1. The van der Waals surface area contributed by atoms with E-state index in [1.165, 1.54) is 0 Å². The second-order valence-corrected chi connectivity index (χ2v) is 16.6. The molecule has 4 atom stereocenters. The maximum absolute atomic E-state index is 13.1. The van der Waals surface area contributed by atoms with Crippen molar-refractivity contribution < 1.29 is 23.9 Å². The molecule has 0 radical (unpaired) electrons. The molecular weight excluding hydrogens is 384 g/mol. The molecule has 0 unspecified atom stereocenters. The fourth-order valence-corrected chi connectivity index (χ4v) is 5.52. The highest BCUT2D eigenvalue weighted by Gasteiger charge is 2.54. The van der Waals surface area contributed by atoms with Crippen LogP contribution in [0.25, 0.3) is 0 Å². The van der Waals surface area contributed by atoms with Crippen LogP contribution in [-0.2, 0) is 18.8 Å². The summed E-state index contributed by atoms with van der Waals surface area (Å²) >= 11 is 0. The van der Waals surface area contributed by atoms with Crippen molar-refractivity contribution in [1.29, 1.82) is 0 Å². The van der Waals surface area contributed by atoms with Gasteiger partial charge in [0.15, 0.2) is 8.32 Å². The van der Waals surface area contributed by atoms with Crippen molar-refractivity contribution in [2.75, 3.05) is 6.61 Å². The van der Waals surface area contributed by atoms with Gasteiger partial charge in [0, 0.05) is 17.8 Å². The van der Waals surface area contributed by atoms with Gasteiger partial charge in [0.2, 0.25) is 0 Å². The van der Waals surface area contributed by atoms with E-state index in [0.717, 1.165) is 25.7 Å². The number of ether oxygens (including phenoxy) is 1. The Morgan fingerprint density at radius 3 is 2.28 bits per heavy atom. The van der Waals surface area contributed by atoms with Crippen LogP contribution in [0.4, 0.5) is 0 Å². The number of hydrogen-bond donors (Lipinski definition) is 1. The third-order valence-corrected chi connectivity index (χ3v) is 11.6. The van der Waals surface area contributed by atoms with Crippen molar-refractivity contribution in [2.45, 2.75) is 109 Å². The van der Waals surface area contributed by atoms with E-state index in [2.05, 4.69) is 33.9 Å². The van der Waals surface area contributed by atoms with E-state index in [4.69, 9.17) is 9.16 Å². The zero-order valence-corrected chi connectivity index (χ0v) is 20.8. The number of carbonyl (C=O) groups is 2. The van der Waals surface area contributed by atoms with E-state index in [9.17, 15) is 14.7 Å². The van der Waals surface area contributed by atoms with Crippen LogP contribution in [0.1, 0.15) is 80.1 Å². The van der Waals surface area contributed by atoms with Crippen molar-refractivity contribution >= 4 is 20.1 Å². The summed E-state index contributed by atoms with van der Waals surface area (Å²) in [5.41, 5.74) is -1.75. The van der Waals surface area contributed by atoms with E-state index >= 15 is 0 Å². The van der Waals surface area contributed by atoms with Crippen LogP contribution in [0.15, 0.2) is 0 Å². The Morgan fingerprint density at radius 1 is 1.14 bits per heavy atom. The van der Waals surface area contributed by atoms with Crippen LogP contribution in [0, 0.1) is 17.8 Å². The van der Waals surface area contributed by atoms with Crippen LogP contribution < -0.4 is 0 Å². The molecule has 0 aromatic carbocycles. The molecule has 1 N–H and O–H groups in total. The minimum absolute atomic E-state index is 0.0290. The lowest BCUT2D eigenvalue weighted by atomic mass is 9.63. The first kappa shape index (κ1) is 24.5. The largest absolute Gasteiger partial charge is 0.460 e. The van der Waals surface area contributed by atoms with Gasteiger partial charge in [-0.05, 0) is 58.2 Å². The molecule has 0 saturated heterocycles. The molecule has 29 heavy (non-hydrogen) atoms. The van der Waals surface area contributed by atoms with E-state index in [-0.39, 0.29) is 41.7 Å². The molecule has 2 rings (SSSR count). The lowest BCUT2D eigenvalue weighted by molar-refractivity contribution is -0.170. The van der Waals surface area contributed by atoms with Gasteiger partial charge in [-0.15, -0.1) is 0 Å². The van der Waals surface area contributed by atoms with Crippen molar-refractivity contribution in [1.82, 2.24) is 0 Å². The summed E-state index contributed by atoms with van der Waals surface area (Å²) in [4.78, 5) is 25.7. The van der Waals surface area contributed by atoms with E-state index in [1.54, 1.807) is 0 Å². The first-order valence-corrected chi connectivity index (χ1v) is 14.1. The Bertz CT molecular complexity index is 616. The van der Waals surface area contributed by atoms with Crippen LogP contribution >= 0.6 is 0 Å². The van der Waals surface area contributed by atoms with Gasteiger partial charge in [0.05, 0.1) is 18.6 Å². The SMILES string of the molecule is CC(C)(C)OC(=O)C[C@@H]1[C@@H]2CCCC[C@H](C[C@]1(O)CO[Si](C)(C)C(C)(C)C)C2=O. The van der Waals surface area contributed by atoms with E-state index in [0.29, 0.717) is 6.42 Å². The standard InChI is InChI=1S/C23H42O5Si/c1-21(2,3)28-19(24)13-18-17-12-10-9-11-16(20(17)25)14-23(18,26)15-27-29(7,8)22(4,5)6/h16-18,26H,9-15H2,1-8H3/t16-,17+,18-,23+/m1/s1. The Morgan fingerprint density at radius 2 is 1.72 bits per heavy atom. The van der Waals surface area contributed by atoms with Crippen LogP contribution in [-0.4, -0.2) is 43.0 Å². The molecule has 168 valence electrons. The fourth-order valence-electron chi connectivity index (χ4n) is 4.48. The topological polar surface area (TPSA) is 72.8 Å². The second kappa shape index (κ2) is 8.43. The second-order valence-electron chi connectivity index (χ2n) is 11.7. The Hall–Kier alpha value is -0.723. The third kappa shape index (κ3) is 5.92. The Balaban J connectivity index is 2.29. The van der Waals surface area contributed by atoms with Gasteiger partial charge < -0.3 is 14.3 Å². The van der Waals surface area contributed by atoms with Crippen molar-refractivity contribution in [3.05, 3.63) is 0 Å². The maximum Gasteiger partial charge on any atom is 0.306 e. The first-order valence-electron chi connectivity index (χ1n) is 11.2. The summed E-state index contributed by atoms with van der Waals surface area (Å²) in [7, 11) is -2.07. The average Bonchev–Trinajstić information content (AvgIpc) is 2.66. The smallest absolute Gasteiger partial charge is 0.306 e. The first-order chi connectivity index (χ1) is 13.1. The predicted octanol–water partition coefficient (Wildman–Crippen LogP) is 4.87. The number of fused-ring (bicyclic) bond motifs is 2. The zero-order valence-electron chi connectivity index (χ0n) is 19.8. The highest BCUT2D eigenvalue weighted by atomic mass is 28.4. The highest BCUT2D eigenvalue weighted by Crippen LogP contribution is 2.48. The average molecular weight is 427 g/mol. The fraction of sp³-hybridized carbons (Fsp3) is 0.913. The van der Waals surface area contributed by atoms with Gasteiger partial charge in [0.25, 0.3) is 0 Å². The number of ketones is 1. The zero-order chi connectivity index (χ0) is 22.3. The molecule has 2 aliphatic carbocycles. The molecule has 0 aliphatic heterocycles. The molecule has 2 saturated carbocycles. The van der Waals surface area contributed by atoms with Crippen molar-refractivity contribution in [3.63, 3.8) is 0 Å². The van der Waals surface area contributed by atoms with E-state index in [1.807, 2.05) is 20.8 Å². The van der Waals surface area contributed by atoms with Crippen molar-refractivity contribution in [2.24, 2.45) is 17.8 Å². The summed E-state index contributed by atoms with van der Waals surface area (Å²) in [6.45, 7) is 16.6. The van der Waals surface area contributed by atoms with Gasteiger partial charge in [-0.2, -0.15) is 0 Å². The molecule has 0 amide bonds. The molecule has 2 aliphatic rings. The normalized spacial score (nSPS) is 31.3. The minimum atomic E-state index is -2.07. The monoisotopic (exact) mass is 426 g/mol. The number of rotatable bonds is 5. The number of aliphatic hydroxyl groups is 1. The van der Waals surface area contributed by atoms with Gasteiger partial charge in [-0.25, -0.2) is 0 Å². The highest BCUT2D eigenvalue weighted by molar-refractivity contribution is 6.74. The van der Waals surface area contributed by atoms with Gasteiger partial charge in [-0.3, -0.25) is 9.59 Å². The summed E-state index contributed by atoms with van der Waals surface area (Å²) < 4.78 is 12.0. The molecule has 2 bridgehead atoms. The Labute approximate surface area is 178 Å². The van der Waals surface area contributed by atoms with Crippen LogP contribution in [0.5, 0.6) is 0 Å². The molecule has 0 spiro atoms. The van der Waals surface area contributed by atoms with Gasteiger partial charge in [0.1, 0.15) is 11.4 Å². The molecule has 5 nitrogen and oxygen atoms in total. The molecular formula is C23H42O5Si. The Kier molecular flexibility index (Phi) is 7.13. The van der Waals surface area contributed by atoms with Crippen molar-refractivity contribution in [3.8, 4) is 0 Å². The molecule has 0 heterocycles. The van der Waals surface area contributed by atoms with Crippen LogP contribution in [0.2, 0.25) is 18.1 Å². The summed E-state index contributed by atoms with van der Waals surface area (Å²) in [6, 6.07) is 0. The summed E-state index contributed by atoms with van der Waals surface area (Å²) in [6.07, 6.45) is 4.01. The molecule has 0 aromatic heterocycles. The lowest BCUT2D eigenvalue weighted by Gasteiger charge is -2.48. The van der Waals surface area contributed by atoms with Crippen LogP contribution in [0.3, 0.4) is 0 Å². The number of hydrogen-bond acceptors (Lipinski definition) is 5. The third-order valence-electron chi connectivity index (χ3n) is 7.16. The lowest BCUT2D eigenvalue weighted by Crippen LogP contribution is -2.57. The number of esters is 1. The quantitative estimate of drug-likeness (QED) is 0.502. The molecule has 6 heteroatoms. The van der Waals surface area contributed by atoms with Gasteiger partial charge in [-0.1, -0.05) is 33.6 Å². The van der Waals surface area contributed by atoms with Gasteiger partial charge >= 0.3 is 5.97 Å². The number of Topliss-reactive ketones (excluding diaryl/α,β-unsaturated/α-hetero) is 1. The minimum Gasteiger partial charge on any atom is -0.460 e. The number of carbonyl (C=O) groups excluding carboxylic acids is 2. The predicted molar refractivity (Wildman–Crippen MR) is 117 cm³/mol. The summed E-state index contributed by atoms with van der Waals surface area (Å²) in [5.74, 6) is -0.956. The van der Waals surface area contributed by atoms with E-state index < -0.39 is 25.4 Å².